The van der Waals surface area contributed by atoms with E-state index in [1.54, 1.807) is 0 Å². The van der Waals surface area contributed by atoms with Gasteiger partial charge in [0.25, 0.3) is 0 Å². The van der Waals surface area contributed by atoms with Gasteiger partial charge in [0.2, 0.25) is 0 Å². The molecule has 0 saturated heterocycles. The van der Waals surface area contributed by atoms with Crippen LogP contribution in [0.5, 0.6) is 5.75 Å². The standard InChI is InChI=1S/C15H16N2O/c1-9-7-12-14(10(2)15(9)18)11-5-6-16(3)8-13(11)17(12)4/h5-8H,1-4H3/p+1. The summed E-state index contributed by atoms with van der Waals surface area (Å²) in [5.74, 6) is 0.406. The number of aromatic nitrogens is 2. The molecule has 1 aromatic carbocycles. The van der Waals surface area contributed by atoms with Gasteiger partial charge in [-0.25, -0.2) is 4.57 Å². The van der Waals surface area contributed by atoms with Gasteiger partial charge in [0.15, 0.2) is 12.4 Å². The van der Waals surface area contributed by atoms with E-state index in [1.165, 1.54) is 16.4 Å². The van der Waals surface area contributed by atoms with Gasteiger partial charge in [0.1, 0.15) is 18.3 Å². The number of hydrogen-bond acceptors (Lipinski definition) is 1. The maximum atomic E-state index is 10.1. The number of aryl methyl sites for hydroxylation is 4. The molecule has 0 unspecified atom stereocenters. The normalized spacial score (nSPS) is 11.6. The van der Waals surface area contributed by atoms with Gasteiger partial charge in [0.05, 0.1) is 0 Å². The second-order valence-corrected chi connectivity index (χ2v) is 5.03. The molecule has 0 fully saturated rings. The molecular formula is C15H17N2O+. The number of rotatable bonds is 0. The summed E-state index contributed by atoms with van der Waals surface area (Å²) in [6.07, 6.45) is 4.15. The van der Waals surface area contributed by atoms with Crippen LogP contribution in [0.2, 0.25) is 0 Å². The monoisotopic (exact) mass is 241 g/mol. The highest BCUT2D eigenvalue weighted by molar-refractivity contribution is 6.10. The Hall–Kier alpha value is -2.03. The van der Waals surface area contributed by atoms with E-state index in [9.17, 15) is 5.11 Å². The molecule has 0 aliphatic rings. The van der Waals surface area contributed by atoms with E-state index >= 15 is 0 Å². The van der Waals surface area contributed by atoms with Crippen LogP contribution in [0.3, 0.4) is 0 Å². The summed E-state index contributed by atoms with van der Waals surface area (Å²) in [5.41, 5.74) is 4.24. The molecule has 3 rings (SSSR count). The minimum Gasteiger partial charge on any atom is -0.507 e. The fourth-order valence-corrected chi connectivity index (χ4v) is 2.75. The number of benzene rings is 1. The molecule has 0 aliphatic heterocycles. The molecule has 18 heavy (non-hydrogen) atoms. The van der Waals surface area contributed by atoms with Crippen molar-refractivity contribution < 1.29 is 9.67 Å². The van der Waals surface area contributed by atoms with E-state index in [2.05, 4.69) is 29.9 Å². The third-order valence-corrected chi connectivity index (χ3v) is 3.78. The van der Waals surface area contributed by atoms with Gasteiger partial charge < -0.3 is 9.67 Å². The maximum absolute atomic E-state index is 10.1. The van der Waals surface area contributed by atoms with Crippen molar-refractivity contribution >= 4 is 21.8 Å². The van der Waals surface area contributed by atoms with E-state index < -0.39 is 0 Å². The summed E-state index contributed by atoms with van der Waals surface area (Å²) in [4.78, 5) is 0. The van der Waals surface area contributed by atoms with E-state index in [1.807, 2.05) is 31.7 Å². The van der Waals surface area contributed by atoms with Gasteiger partial charge in [-0.05, 0) is 25.5 Å². The zero-order valence-corrected chi connectivity index (χ0v) is 11.2. The summed E-state index contributed by atoms with van der Waals surface area (Å²) in [6.45, 7) is 3.93. The predicted octanol–water partition coefficient (Wildman–Crippen LogP) is 2.48. The second-order valence-electron chi connectivity index (χ2n) is 5.03. The maximum Gasteiger partial charge on any atom is 0.193 e. The van der Waals surface area contributed by atoms with E-state index in [4.69, 9.17) is 0 Å². The highest BCUT2D eigenvalue weighted by Crippen LogP contribution is 2.35. The lowest BCUT2D eigenvalue weighted by atomic mass is 10.0. The third kappa shape index (κ3) is 1.27. The van der Waals surface area contributed by atoms with Crippen LogP contribution in [0.25, 0.3) is 21.8 Å². The lowest BCUT2D eigenvalue weighted by Crippen LogP contribution is -2.26. The Morgan fingerprint density at radius 3 is 2.67 bits per heavy atom. The molecule has 3 aromatic rings. The Labute approximate surface area is 106 Å². The third-order valence-electron chi connectivity index (χ3n) is 3.78. The minimum absolute atomic E-state index is 0.406. The number of nitrogens with zero attached hydrogens (tertiary/aromatic N) is 2. The average molecular weight is 241 g/mol. The summed E-state index contributed by atoms with van der Waals surface area (Å²) >= 11 is 0. The van der Waals surface area contributed by atoms with Crippen LogP contribution >= 0.6 is 0 Å². The number of hydrogen-bond donors (Lipinski definition) is 1. The first-order valence-electron chi connectivity index (χ1n) is 6.07. The Morgan fingerprint density at radius 2 is 1.94 bits per heavy atom. The fourth-order valence-electron chi connectivity index (χ4n) is 2.75. The summed E-state index contributed by atoms with van der Waals surface area (Å²) in [6, 6.07) is 4.16. The average Bonchev–Trinajstić information content (AvgIpc) is 2.60. The van der Waals surface area contributed by atoms with Crippen LogP contribution in [-0.2, 0) is 14.1 Å². The van der Waals surface area contributed by atoms with Crippen molar-refractivity contribution in [2.45, 2.75) is 13.8 Å². The lowest BCUT2D eigenvalue weighted by molar-refractivity contribution is -0.670. The SMILES string of the molecule is Cc1cc2c(c(C)c1O)c1cc[n+](C)cc1n2C. The molecule has 3 nitrogen and oxygen atoms in total. The number of fused-ring (bicyclic) bond motifs is 3. The van der Waals surface area contributed by atoms with Gasteiger partial charge in [-0.3, -0.25) is 0 Å². The molecule has 0 aliphatic carbocycles. The number of aromatic hydroxyl groups is 1. The molecule has 2 aromatic heterocycles. The Kier molecular flexibility index (Phi) is 2.14. The topological polar surface area (TPSA) is 29.0 Å². The van der Waals surface area contributed by atoms with Crippen molar-refractivity contribution in [3.8, 4) is 5.75 Å². The highest BCUT2D eigenvalue weighted by Gasteiger charge is 2.16. The van der Waals surface area contributed by atoms with Gasteiger partial charge in [-0.1, -0.05) is 0 Å². The van der Waals surface area contributed by atoms with Crippen LogP contribution < -0.4 is 4.57 Å². The molecule has 0 bridgehead atoms. The smallest absolute Gasteiger partial charge is 0.193 e. The summed E-state index contributed by atoms with van der Waals surface area (Å²) in [7, 11) is 4.09. The van der Waals surface area contributed by atoms with Crippen molar-refractivity contribution in [3.05, 3.63) is 35.7 Å². The molecule has 0 saturated carbocycles. The first kappa shape index (κ1) is 11.1. The Balaban J connectivity index is 2.64. The Morgan fingerprint density at radius 1 is 1.22 bits per heavy atom. The van der Waals surface area contributed by atoms with Gasteiger partial charge in [0, 0.05) is 35.0 Å². The quantitative estimate of drug-likeness (QED) is 0.602. The number of phenols is 1. The highest BCUT2D eigenvalue weighted by atomic mass is 16.3. The lowest BCUT2D eigenvalue weighted by Gasteiger charge is -2.05. The van der Waals surface area contributed by atoms with Crippen molar-refractivity contribution in [2.75, 3.05) is 0 Å². The van der Waals surface area contributed by atoms with Crippen molar-refractivity contribution in [1.29, 1.82) is 0 Å². The first-order valence-corrected chi connectivity index (χ1v) is 6.07. The molecule has 2 heterocycles. The number of pyridine rings is 1. The minimum atomic E-state index is 0.406. The van der Waals surface area contributed by atoms with Crippen LogP contribution in [0.4, 0.5) is 0 Å². The van der Waals surface area contributed by atoms with Gasteiger partial charge in [-0.15, -0.1) is 0 Å². The van der Waals surface area contributed by atoms with Crippen LogP contribution in [0.1, 0.15) is 11.1 Å². The predicted molar refractivity (Wildman–Crippen MR) is 72.7 cm³/mol. The molecular weight excluding hydrogens is 224 g/mol. The zero-order chi connectivity index (χ0) is 13.0. The second kappa shape index (κ2) is 3.48. The van der Waals surface area contributed by atoms with Gasteiger partial charge >= 0.3 is 0 Å². The van der Waals surface area contributed by atoms with E-state index in [-0.39, 0.29) is 0 Å². The zero-order valence-electron chi connectivity index (χ0n) is 11.2. The Bertz CT molecular complexity index is 784. The number of phenolic OH excluding ortho intramolecular Hbond substituents is 1. The largest absolute Gasteiger partial charge is 0.507 e. The van der Waals surface area contributed by atoms with Crippen molar-refractivity contribution in [2.24, 2.45) is 14.1 Å². The van der Waals surface area contributed by atoms with Crippen LogP contribution in [0.15, 0.2) is 24.5 Å². The van der Waals surface area contributed by atoms with Crippen LogP contribution in [-0.4, -0.2) is 9.67 Å². The molecule has 0 amide bonds. The fraction of sp³-hybridized carbons (Fsp3) is 0.267. The van der Waals surface area contributed by atoms with Crippen LogP contribution in [0, 0.1) is 13.8 Å². The molecule has 1 N–H and O–H groups in total. The van der Waals surface area contributed by atoms with E-state index in [0.717, 1.165) is 16.5 Å². The van der Waals surface area contributed by atoms with E-state index in [0.29, 0.717) is 5.75 Å². The van der Waals surface area contributed by atoms with Crippen molar-refractivity contribution in [1.82, 2.24) is 4.57 Å². The summed E-state index contributed by atoms with van der Waals surface area (Å²) < 4.78 is 4.23. The van der Waals surface area contributed by atoms with Gasteiger partial charge in [-0.2, -0.15) is 0 Å². The van der Waals surface area contributed by atoms with Crippen molar-refractivity contribution in [3.63, 3.8) is 0 Å². The molecule has 92 valence electrons. The molecule has 3 heteroatoms. The first-order chi connectivity index (χ1) is 8.50. The molecule has 0 atom stereocenters. The molecule has 0 spiro atoms. The molecule has 0 radical (unpaired) electrons. The summed E-state index contributed by atoms with van der Waals surface area (Å²) in [5, 5.41) is 12.5.